The molecule has 3 aromatic carbocycles. The Kier molecular flexibility index (Phi) is 5.73. The van der Waals surface area contributed by atoms with Gasteiger partial charge in [0.15, 0.2) is 5.11 Å². The molecule has 1 amide bonds. The molecule has 156 valence electrons. The highest BCUT2D eigenvalue weighted by Crippen LogP contribution is 2.18. The van der Waals surface area contributed by atoms with E-state index in [1.54, 1.807) is 42.5 Å². The Hall–Kier alpha value is -3.65. The van der Waals surface area contributed by atoms with E-state index in [4.69, 9.17) is 12.2 Å². The van der Waals surface area contributed by atoms with E-state index in [0.29, 0.717) is 33.9 Å². The molecule has 4 rings (SSSR count). The molecule has 0 unspecified atom stereocenters. The van der Waals surface area contributed by atoms with Gasteiger partial charge in [0, 0.05) is 11.3 Å². The number of hydrogen-bond donors (Lipinski definition) is 2. The van der Waals surface area contributed by atoms with E-state index >= 15 is 0 Å². The Morgan fingerprint density at radius 3 is 2.32 bits per heavy atom. The number of thiocarbonyl (C=S) groups is 1. The molecule has 0 aliphatic carbocycles. The number of benzene rings is 3. The molecule has 2 N–H and O–H groups in total. The van der Waals surface area contributed by atoms with E-state index in [-0.39, 0.29) is 16.8 Å². The Balaban J connectivity index is 1.44. The Morgan fingerprint density at radius 2 is 1.65 bits per heavy atom. The van der Waals surface area contributed by atoms with E-state index in [2.05, 4.69) is 34.7 Å². The van der Waals surface area contributed by atoms with Crippen LogP contribution in [-0.4, -0.2) is 26.0 Å². The fraction of sp³-hybridized carbons (Fsp3) is 0.130. The molecule has 1 aromatic heterocycles. The van der Waals surface area contributed by atoms with Crippen molar-refractivity contribution < 1.29 is 9.18 Å². The molecule has 0 saturated heterocycles. The van der Waals surface area contributed by atoms with Gasteiger partial charge in [-0.05, 0) is 78.3 Å². The van der Waals surface area contributed by atoms with Gasteiger partial charge >= 0.3 is 0 Å². The van der Waals surface area contributed by atoms with Crippen molar-refractivity contribution in [3.8, 4) is 5.69 Å². The van der Waals surface area contributed by atoms with Crippen LogP contribution in [0.3, 0.4) is 0 Å². The summed E-state index contributed by atoms with van der Waals surface area (Å²) in [6.45, 7) is 4.20. The summed E-state index contributed by atoms with van der Waals surface area (Å²) in [5, 5.41) is 14.7. The van der Waals surface area contributed by atoms with Crippen LogP contribution in [0.2, 0.25) is 0 Å². The van der Waals surface area contributed by atoms with Crippen molar-refractivity contribution in [2.45, 2.75) is 19.8 Å². The highest BCUT2D eigenvalue weighted by atomic mass is 32.1. The molecule has 1 heterocycles. The van der Waals surface area contributed by atoms with Crippen molar-refractivity contribution in [3.63, 3.8) is 0 Å². The number of halogens is 1. The van der Waals surface area contributed by atoms with Gasteiger partial charge in [-0.1, -0.05) is 26.0 Å². The molecule has 0 aliphatic heterocycles. The number of nitrogens with zero attached hydrogens (tertiary/aromatic N) is 3. The highest BCUT2D eigenvalue weighted by molar-refractivity contribution is 7.80. The molecule has 31 heavy (non-hydrogen) atoms. The molecule has 0 saturated carbocycles. The standard InChI is InChI=1S/C23H20FN5OS/c1-14(2)15-3-5-16(6-4-15)22(30)26-23(31)25-18-9-12-20-21(13-18)28-29(27-20)19-10-7-17(24)8-11-19/h3-14H,1-2H3,(H2,25,26,30,31). The summed E-state index contributed by atoms with van der Waals surface area (Å²) >= 11 is 5.28. The lowest BCUT2D eigenvalue weighted by molar-refractivity contribution is 0.0977. The average molecular weight is 434 g/mol. The first kappa shape index (κ1) is 20.6. The summed E-state index contributed by atoms with van der Waals surface area (Å²) in [5.74, 6) is -0.203. The molecule has 0 spiro atoms. The highest BCUT2D eigenvalue weighted by Gasteiger charge is 2.10. The molecule has 0 bridgehead atoms. The monoisotopic (exact) mass is 433 g/mol. The summed E-state index contributed by atoms with van der Waals surface area (Å²) in [6, 6.07) is 18.7. The summed E-state index contributed by atoms with van der Waals surface area (Å²) in [5.41, 5.74) is 4.32. The summed E-state index contributed by atoms with van der Waals surface area (Å²) in [6.07, 6.45) is 0. The minimum atomic E-state index is -0.321. The van der Waals surface area contributed by atoms with Crippen LogP contribution in [-0.2, 0) is 0 Å². The van der Waals surface area contributed by atoms with E-state index in [0.717, 1.165) is 0 Å². The lowest BCUT2D eigenvalue weighted by Crippen LogP contribution is -2.34. The third kappa shape index (κ3) is 4.75. The molecule has 0 aliphatic rings. The van der Waals surface area contributed by atoms with Crippen LogP contribution in [0.15, 0.2) is 66.7 Å². The van der Waals surface area contributed by atoms with Gasteiger partial charge in [0.2, 0.25) is 0 Å². The quantitative estimate of drug-likeness (QED) is 0.452. The maximum absolute atomic E-state index is 13.1. The number of amides is 1. The van der Waals surface area contributed by atoms with Crippen LogP contribution in [0.5, 0.6) is 0 Å². The SMILES string of the molecule is CC(C)c1ccc(C(=O)NC(=S)Nc2ccc3nn(-c4ccc(F)cc4)nc3c2)cc1. The van der Waals surface area contributed by atoms with E-state index in [9.17, 15) is 9.18 Å². The van der Waals surface area contributed by atoms with Crippen molar-refractivity contribution in [2.75, 3.05) is 5.32 Å². The molecule has 6 nitrogen and oxygen atoms in total. The predicted molar refractivity (Wildman–Crippen MR) is 123 cm³/mol. The lowest BCUT2D eigenvalue weighted by atomic mass is 10.0. The Labute approximate surface area is 184 Å². The molecule has 8 heteroatoms. The smallest absolute Gasteiger partial charge is 0.257 e. The fourth-order valence-corrected chi connectivity index (χ4v) is 3.25. The fourth-order valence-electron chi connectivity index (χ4n) is 3.04. The molecular weight excluding hydrogens is 413 g/mol. The minimum absolute atomic E-state index is 0.184. The van der Waals surface area contributed by atoms with Crippen molar-refractivity contribution in [1.82, 2.24) is 20.3 Å². The zero-order valence-electron chi connectivity index (χ0n) is 17.0. The predicted octanol–water partition coefficient (Wildman–Crippen LogP) is 4.81. The molecule has 0 atom stereocenters. The first-order chi connectivity index (χ1) is 14.9. The van der Waals surface area contributed by atoms with Gasteiger partial charge in [0.1, 0.15) is 16.9 Å². The third-order valence-corrected chi connectivity index (χ3v) is 4.97. The van der Waals surface area contributed by atoms with Crippen molar-refractivity contribution in [2.24, 2.45) is 0 Å². The van der Waals surface area contributed by atoms with Gasteiger partial charge in [0.05, 0.1) is 5.69 Å². The van der Waals surface area contributed by atoms with Crippen molar-refractivity contribution >= 4 is 40.0 Å². The second-order valence-electron chi connectivity index (χ2n) is 7.35. The number of hydrogen-bond acceptors (Lipinski definition) is 4. The largest absolute Gasteiger partial charge is 0.332 e. The topological polar surface area (TPSA) is 71.8 Å². The van der Waals surface area contributed by atoms with E-state index < -0.39 is 0 Å². The van der Waals surface area contributed by atoms with Gasteiger partial charge in [-0.2, -0.15) is 4.80 Å². The number of nitrogens with one attached hydrogen (secondary N) is 2. The number of fused-ring (bicyclic) bond motifs is 1. The van der Waals surface area contributed by atoms with Gasteiger partial charge < -0.3 is 5.32 Å². The van der Waals surface area contributed by atoms with Gasteiger partial charge in [-0.3, -0.25) is 10.1 Å². The van der Waals surface area contributed by atoms with Gasteiger partial charge in [0.25, 0.3) is 5.91 Å². The van der Waals surface area contributed by atoms with Crippen LogP contribution >= 0.6 is 12.2 Å². The number of anilines is 1. The van der Waals surface area contributed by atoms with Crippen LogP contribution in [0, 0.1) is 5.82 Å². The van der Waals surface area contributed by atoms with E-state index in [1.807, 2.05) is 12.1 Å². The van der Waals surface area contributed by atoms with Gasteiger partial charge in [-0.15, -0.1) is 10.2 Å². The molecule has 0 fully saturated rings. The maximum Gasteiger partial charge on any atom is 0.257 e. The van der Waals surface area contributed by atoms with Crippen LogP contribution < -0.4 is 10.6 Å². The minimum Gasteiger partial charge on any atom is -0.332 e. The van der Waals surface area contributed by atoms with Crippen LogP contribution in [0.1, 0.15) is 35.7 Å². The molecular formula is C23H20FN5OS. The van der Waals surface area contributed by atoms with E-state index in [1.165, 1.54) is 22.5 Å². The number of aromatic nitrogens is 3. The lowest BCUT2D eigenvalue weighted by Gasteiger charge is -2.10. The zero-order valence-corrected chi connectivity index (χ0v) is 17.8. The number of carbonyl (C=O) groups excluding carboxylic acids is 1. The average Bonchev–Trinajstić information content (AvgIpc) is 3.17. The second-order valence-corrected chi connectivity index (χ2v) is 7.76. The zero-order chi connectivity index (χ0) is 22.0. The molecule has 4 aromatic rings. The number of carbonyl (C=O) groups is 1. The van der Waals surface area contributed by atoms with Crippen molar-refractivity contribution in [3.05, 3.63) is 83.7 Å². The Morgan fingerprint density at radius 1 is 0.968 bits per heavy atom. The number of rotatable bonds is 4. The first-order valence-corrected chi connectivity index (χ1v) is 10.2. The summed E-state index contributed by atoms with van der Waals surface area (Å²) < 4.78 is 13.1. The summed E-state index contributed by atoms with van der Waals surface area (Å²) in [7, 11) is 0. The second kappa shape index (κ2) is 8.61. The van der Waals surface area contributed by atoms with Crippen LogP contribution in [0.4, 0.5) is 10.1 Å². The van der Waals surface area contributed by atoms with Gasteiger partial charge in [-0.25, -0.2) is 4.39 Å². The molecule has 0 radical (unpaired) electrons. The van der Waals surface area contributed by atoms with Crippen molar-refractivity contribution in [1.29, 1.82) is 0 Å². The maximum atomic E-state index is 13.1. The normalized spacial score (nSPS) is 11.0. The first-order valence-electron chi connectivity index (χ1n) is 9.74. The third-order valence-electron chi connectivity index (χ3n) is 4.76. The Bertz CT molecular complexity index is 1250. The van der Waals surface area contributed by atoms with Crippen LogP contribution in [0.25, 0.3) is 16.7 Å². The summed E-state index contributed by atoms with van der Waals surface area (Å²) in [4.78, 5) is 13.9.